The Kier molecular flexibility index (Phi) is 8.07. The Labute approximate surface area is 342 Å². The summed E-state index contributed by atoms with van der Waals surface area (Å²) in [6.07, 6.45) is 0. The smallest absolute Gasteiger partial charge is 0.194 e. The monoisotopic (exact) mass is 762 g/mol. The minimum Gasteiger partial charge on any atom is -0.309 e. The van der Waals surface area contributed by atoms with Gasteiger partial charge in [-0.2, -0.15) is 0 Å². The van der Waals surface area contributed by atoms with Gasteiger partial charge in [-0.05, 0) is 129 Å². The molecule has 0 amide bonds. The molecule has 2 heterocycles. The molecule has 0 aliphatic heterocycles. The third kappa shape index (κ3) is 5.86. The molecule has 4 nitrogen and oxygen atoms in total. The number of nitrogens with zero attached hydrogens (tertiary/aromatic N) is 2. The number of hydrogen-bond acceptors (Lipinski definition) is 2. The maximum absolute atomic E-state index is 14.8. The van der Waals surface area contributed by atoms with Crippen molar-refractivity contribution < 1.29 is 9.59 Å². The lowest BCUT2D eigenvalue weighted by molar-refractivity contribution is 0.0979. The van der Waals surface area contributed by atoms with E-state index in [9.17, 15) is 9.59 Å². The van der Waals surface area contributed by atoms with E-state index in [0.717, 1.165) is 33.4 Å². The number of aromatic nitrogens is 2. The number of carbonyl (C=O) groups excluding carboxylic acids is 2. The predicted octanol–water partition coefficient (Wildman–Crippen LogP) is 13.8. The van der Waals surface area contributed by atoms with E-state index in [1.165, 1.54) is 43.8 Å². The summed E-state index contributed by atoms with van der Waals surface area (Å²) in [5.74, 6) is -0.258. The van der Waals surface area contributed by atoms with Crippen LogP contribution in [0.1, 0.15) is 137 Å². The van der Waals surface area contributed by atoms with E-state index in [-0.39, 0.29) is 33.2 Å². The van der Waals surface area contributed by atoms with Gasteiger partial charge in [0.1, 0.15) is 0 Å². The number of fused-ring (bicyclic) bond motifs is 8. The average Bonchev–Trinajstić information content (AvgIpc) is 3.66. The topological polar surface area (TPSA) is 44.0 Å². The third-order valence-corrected chi connectivity index (χ3v) is 12.5. The van der Waals surface area contributed by atoms with Gasteiger partial charge in [0.15, 0.2) is 11.6 Å². The summed E-state index contributed by atoms with van der Waals surface area (Å²) >= 11 is 0. The minimum atomic E-state index is -0.134. The highest BCUT2D eigenvalue weighted by molar-refractivity contribution is 6.29. The van der Waals surface area contributed by atoms with Crippen molar-refractivity contribution in [3.63, 3.8) is 0 Å². The van der Waals surface area contributed by atoms with Gasteiger partial charge in [-0.1, -0.05) is 107 Å². The van der Waals surface area contributed by atoms with Crippen LogP contribution < -0.4 is 0 Å². The molecule has 292 valence electrons. The normalized spacial score (nSPS) is 13.9. The fourth-order valence-corrected chi connectivity index (χ4v) is 8.87. The number of rotatable bonds is 2. The molecular formula is C54H54N2O2. The van der Waals surface area contributed by atoms with Gasteiger partial charge >= 0.3 is 0 Å². The number of carbonyl (C=O) groups is 2. The van der Waals surface area contributed by atoms with Crippen molar-refractivity contribution in [2.24, 2.45) is 0 Å². The number of hydrogen-bond donors (Lipinski definition) is 0. The second kappa shape index (κ2) is 12.4. The highest BCUT2D eigenvalue weighted by atomic mass is 16.1. The maximum Gasteiger partial charge on any atom is 0.194 e. The standard InChI is InChI=1S/C54H54N2O2/c1-51(2,3)31-13-21-45-39(25-31)40-26-32(52(4,5)6)14-22-46(40)55(45)35-17-19-37-43(29-35)50(58)44-30-36(18-20-38(44)49(37)57)56-47-23-15-33(53(7,8)9)27-41(47)42-28-34(54(10,11)12)16-24-48(42)56/h13-30H,1-12H3. The van der Waals surface area contributed by atoms with Gasteiger partial charge in [0.25, 0.3) is 0 Å². The lowest BCUT2D eigenvalue weighted by Gasteiger charge is -2.21. The summed E-state index contributed by atoms with van der Waals surface area (Å²) in [4.78, 5) is 29.1. The van der Waals surface area contributed by atoms with Gasteiger partial charge < -0.3 is 9.13 Å². The Morgan fingerprint density at radius 2 is 0.569 bits per heavy atom. The summed E-state index contributed by atoms with van der Waals surface area (Å²) in [7, 11) is 0. The van der Waals surface area contributed by atoms with Crippen molar-refractivity contribution in [3.8, 4) is 11.4 Å². The lowest BCUT2D eigenvalue weighted by atomic mass is 9.83. The molecule has 58 heavy (non-hydrogen) atoms. The van der Waals surface area contributed by atoms with Crippen LogP contribution in [0.25, 0.3) is 55.0 Å². The van der Waals surface area contributed by atoms with Crippen LogP contribution in [0.5, 0.6) is 0 Å². The van der Waals surface area contributed by atoms with E-state index in [2.05, 4.69) is 165 Å². The fourth-order valence-electron chi connectivity index (χ4n) is 8.87. The van der Waals surface area contributed by atoms with Gasteiger partial charge in [-0.3, -0.25) is 9.59 Å². The molecule has 1 aliphatic rings. The third-order valence-electron chi connectivity index (χ3n) is 12.5. The van der Waals surface area contributed by atoms with Crippen molar-refractivity contribution in [2.75, 3.05) is 0 Å². The zero-order valence-corrected chi connectivity index (χ0v) is 36.1. The second-order valence-corrected chi connectivity index (χ2v) is 20.7. The van der Waals surface area contributed by atoms with Gasteiger partial charge in [0.2, 0.25) is 0 Å². The summed E-state index contributed by atoms with van der Waals surface area (Å²) in [6, 6.07) is 38.6. The quantitative estimate of drug-likeness (QED) is 0.176. The fraction of sp³-hybridized carbons (Fsp3) is 0.296. The molecule has 6 aromatic carbocycles. The van der Waals surface area contributed by atoms with E-state index in [0.29, 0.717) is 22.3 Å². The van der Waals surface area contributed by atoms with Crippen LogP contribution in [0.15, 0.2) is 109 Å². The van der Waals surface area contributed by atoms with E-state index in [1.54, 1.807) is 0 Å². The first-order chi connectivity index (χ1) is 27.1. The summed E-state index contributed by atoms with van der Waals surface area (Å²) in [5.41, 5.74) is 12.8. The Morgan fingerprint density at radius 1 is 0.310 bits per heavy atom. The van der Waals surface area contributed by atoms with E-state index in [4.69, 9.17) is 0 Å². The summed E-state index contributed by atoms with van der Waals surface area (Å²) < 4.78 is 4.51. The highest BCUT2D eigenvalue weighted by Gasteiger charge is 2.32. The molecule has 0 saturated carbocycles. The maximum atomic E-state index is 14.8. The molecule has 0 fully saturated rings. The van der Waals surface area contributed by atoms with Gasteiger partial charge in [-0.25, -0.2) is 0 Å². The molecule has 0 saturated heterocycles. The van der Waals surface area contributed by atoms with Crippen molar-refractivity contribution >= 4 is 55.2 Å². The number of ketones is 2. The summed E-state index contributed by atoms with van der Waals surface area (Å²) in [5, 5.41) is 4.72. The van der Waals surface area contributed by atoms with Gasteiger partial charge in [-0.15, -0.1) is 0 Å². The SMILES string of the molecule is CC(C)(C)c1ccc2c(c1)c1cc(C(C)(C)C)ccc1n2-c1ccc2c(c1)C(=O)c1cc(-n3c4ccc(C(C)(C)C)cc4c4cc(C(C)(C)C)ccc43)ccc1C2=O. The van der Waals surface area contributed by atoms with Crippen LogP contribution >= 0.6 is 0 Å². The van der Waals surface area contributed by atoms with E-state index >= 15 is 0 Å². The van der Waals surface area contributed by atoms with Gasteiger partial charge in [0, 0.05) is 55.2 Å². The largest absolute Gasteiger partial charge is 0.309 e. The predicted molar refractivity (Wildman–Crippen MR) is 243 cm³/mol. The Morgan fingerprint density at radius 3 is 0.828 bits per heavy atom. The zero-order valence-electron chi connectivity index (χ0n) is 36.1. The molecule has 0 atom stereocenters. The lowest BCUT2D eigenvalue weighted by Crippen LogP contribution is -2.21. The molecule has 9 rings (SSSR count). The van der Waals surface area contributed by atoms with Crippen molar-refractivity contribution in [2.45, 2.75) is 105 Å². The van der Waals surface area contributed by atoms with Crippen molar-refractivity contribution in [3.05, 3.63) is 154 Å². The average molecular weight is 763 g/mol. The van der Waals surface area contributed by atoms with Crippen molar-refractivity contribution in [1.29, 1.82) is 0 Å². The molecule has 2 aromatic heterocycles. The molecule has 0 radical (unpaired) electrons. The molecule has 4 heteroatoms. The van der Waals surface area contributed by atoms with Crippen LogP contribution in [0.4, 0.5) is 0 Å². The molecule has 0 N–H and O–H groups in total. The number of benzene rings is 6. The highest BCUT2D eigenvalue weighted by Crippen LogP contribution is 2.41. The van der Waals surface area contributed by atoms with Crippen LogP contribution in [-0.4, -0.2) is 20.7 Å². The van der Waals surface area contributed by atoms with Crippen LogP contribution in [0.2, 0.25) is 0 Å². The second-order valence-electron chi connectivity index (χ2n) is 20.7. The molecular weight excluding hydrogens is 709 g/mol. The molecule has 0 spiro atoms. The van der Waals surface area contributed by atoms with Gasteiger partial charge in [0.05, 0.1) is 22.1 Å². The van der Waals surface area contributed by atoms with E-state index in [1.807, 2.05) is 36.4 Å². The first kappa shape index (κ1) is 37.8. The minimum absolute atomic E-state index is 0.0148. The molecule has 0 unspecified atom stereocenters. The van der Waals surface area contributed by atoms with Crippen molar-refractivity contribution in [1.82, 2.24) is 9.13 Å². The Hall–Kier alpha value is -5.74. The van der Waals surface area contributed by atoms with Crippen LogP contribution in [0, 0.1) is 0 Å². The first-order valence-corrected chi connectivity index (χ1v) is 20.7. The first-order valence-electron chi connectivity index (χ1n) is 20.7. The molecule has 8 aromatic rings. The van der Waals surface area contributed by atoms with Crippen LogP contribution in [0.3, 0.4) is 0 Å². The summed E-state index contributed by atoms with van der Waals surface area (Å²) in [6.45, 7) is 27.0. The van der Waals surface area contributed by atoms with Crippen LogP contribution in [-0.2, 0) is 21.7 Å². The molecule has 1 aliphatic carbocycles. The van der Waals surface area contributed by atoms with E-state index < -0.39 is 0 Å². The Bertz CT molecular complexity index is 2720. The molecule has 0 bridgehead atoms. The Balaban J connectivity index is 1.21. The zero-order chi connectivity index (χ0) is 41.4.